The number of halogens is 3. The van der Waals surface area contributed by atoms with Crippen molar-refractivity contribution < 1.29 is 13.2 Å². The number of hydrogen-bond donors (Lipinski definition) is 2. The van der Waals surface area contributed by atoms with Crippen LogP contribution in [0.1, 0.15) is 22.5 Å². The molecule has 1 aromatic heterocycles. The van der Waals surface area contributed by atoms with Gasteiger partial charge in [0.05, 0.1) is 5.56 Å². The standard InChI is InChI=1S/C17H15F3N4/c18-17(19,20)14-7-3-11(4-8-14)9-15-22-16(24-23-15)13-5-1-12(10-21)2-6-13/h1-8H,9-10,21H2,(H,22,23,24). The van der Waals surface area contributed by atoms with Gasteiger partial charge in [0, 0.05) is 18.5 Å². The molecule has 0 saturated carbocycles. The van der Waals surface area contributed by atoms with Gasteiger partial charge in [-0.05, 0) is 23.3 Å². The van der Waals surface area contributed by atoms with Gasteiger partial charge in [-0.15, -0.1) is 0 Å². The van der Waals surface area contributed by atoms with Crippen LogP contribution < -0.4 is 5.73 Å². The Morgan fingerprint density at radius 1 is 0.917 bits per heavy atom. The molecule has 0 saturated heterocycles. The van der Waals surface area contributed by atoms with Crippen molar-refractivity contribution in [2.24, 2.45) is 5.73 Å². The van der Waals surface area contributed by atoms with Crippen molar-refractivity contribution in [2.45, 2.75) is 19.1 Å². The van der Waals surface area contributed by atoms with Crippen LogP contribution in [0.25, 0.3) is 11.4 Å². The molecule has 24 heavy (non-hydrogen) atoms. The first kappa shape index (κ1) is 16.2. The van der Waals surface area contributed by atoms with Crippen LogP contribution in [0.4, 0.5) is 13.2 Å². The van der Waals surface area contributed by atoms with E-state index in [9.17, 15) is 13.2 Å². The molecule has 0 atom stereocenters. The number of alkyl halides is 3. The molecular weight excluding hydrogens is 317 g/mol. The third kappa shape index (κ3) is 3.62. The minimum Gasteiger partial charge on any atom is -0.326 e. The maximum Gasteiger partial charge on any atom is 0.416 e. The van der Waals surface area contributed by atoms with E-state index in [0.717, 1.165) is 28.8 Å². The Hall–Kier alpha value is -2.67. The quantitative estimate of drug-likeness (QED) is 0.768. The summed E-state index contributed by atoms with van der Waals surface area (Å²) in [6, 6.07) is 12.6. The average molecular weight is 332 g/mol. The molecule has 0 amide bonds. The fourth-order valence-electron chi connectivity index (χ4n) is 2.30. The highest BCUT2D eigenvalue weighted by Gasteiger charge is 2.29. The van der Waals surface area contributed by atoms with Crippen LogP contribution in [0.5, 0.6) is 0 Å². The van der Waals surface area contributed by atoms with Gasteiger partial charge in [0.1, 0.15) is 5.82 Å². The largest absolute Gasteiger partial charge is 0.416 e. The van der Waals surface area contributed by atoms with Gasteiger partial charge in [0.2, 0.25) is 0 Å². The Kier molecular flexibility index (Phi) is 4.35. The zero-order valence-corrected chi connectivity index (χ0v) is 12.6. The second-order valence-corrected chi connectivity index (χ2v) is 5.38. The minimum atomic E-state index is -4.33. The van der Waals surface area contributed by atoms with E-state index < -0.39 is 11.7 Å². The molecule has 0 aliphatic carbocycles. The first-order chi connectivity index (χ1) is 11.5. The summed E-state index contributed by atoms with van der Waals surface area (Å²) in [5.74, 6) is 1.13. The monoisotopic (exact) mass is 332 g/mol. The lowest BCUT2D eigenvalue weighted by molar-refractivity contribution is -0.137. The van der Waals surface area contributed by atoms with Crippen LogP contribution >= 0.6 is 0 Å². The van der Waals surface area contributed by atoms with E-state index in [1.807, 2.05) is 24.3 Å². The average Bonchev–Trinajstić information content (AvgIpc) is 3.03. The molecule has 124 valence electrons. The Labute approximate surface area is 136 Å². The number of aromatic nitrogens is 3. The number of benzene rings is 2. The first-order valence-corrected chi connectivity index (χ1v) is 7.32. The number of hydrogen-bond acceptors (Lipinski definition) is 3. The van der Waals surface area contributed by atoms with Crippen molar-refractivity contribution in [3.63, 3.8) is 0 Å². The predicted molar refractivity (Wildman–Crippen MR) is 84.0 cm³/mol. The molecule has 0 spiro atoms. The molecule has 0 aliphatic rings. The van der Waals surface area contributed by atoms with Crippen LogP contribution in [0.2, 0.25) is 0 Å². The van der Waals surface area contributed by atoms with Crippen molar-refractivity contribution in [3.05, 3.63) is 71.0 Å². The lowest BCUT2D eigenvalue weighted by atomic mass is 10.1. The summed E-state index contributed by atoms with van der Waals surface area (Å²) in [7, 11) is 0. The third-order valence-electron chi connectivity index (χ3n) is 3.63. The molecule has 0 unspecified atom stereocenters. The summed E-state index contributed by atoms with van der Waals surface area (Å²) in [6.07, 6.45) is -3.94. The van der Waals surface area contributed by atoms with Gasteiger partial charge >= 0.3 is 6.18 Å². The summed E-state index contributed by atoms with van der Waals surface area (Å²) in [4.78, 5) is 4.38. The molecule has 4 nitrogen and oxygen atoms in total. The second-order valence-electron chi connectivity index (χ2n) is 5.38. The van der Waals surface area contributed by atoms with Crippen LogP contribution in [-0.2, 0) is 19.1 Å². The van der Waals surface area contributed by atoms with E-state index in [0.29, 0.717) is 24.6 Å². The van der Waals surface area contributed by atoms with Crippen LogP contribution in [0.3, 0.4) is 0 Å². The van der Waals surface area contributed by atoms with E-state index >= 15 is 0 Å². The Bertz CT molecular complexity index is 805. The van der Waals surface area contributed by atoms with Gasteiger partial charge in [-0.3, -0.25) is 5.10 Å². The predicted octanol–water partition coefficient (Wildman–Crippen LogP) is 3.54. The van der Waals surface area contributed by atoms with Crippen molar-refractivity contribution in [1.82, 2.24) is 15.2 Å². The number of aromatic amines is 1. The molecule has 0 radical (unpaired) electrons. The molecule has 0 fully saturated rings. The third-order valence-corrected chi connectivity index (χ3v) is 3.63. The Morgan fingerprint density at radius 3 is 2.12 bits per heavy atom. The van der Waals surface area contributed by atoms with Crippen LogP contribution in [-0.4, -0.2) is 15.2 Å². The number of nitrogens with one attached hydrogen (secondary N) is 1. The SMILES string of the molecule is NCc1ccc(-c2n[nH]c(Cc3ccc(C(F)(F)F)cc3)n2)cc1. The number of nitrogens with zero attached hydrogens (tertiary/aromatic N) is 2. The van der Waals surface area contributed by atoms with Gasteiger partial charge in [0.15, 0.2) is 5.82 Å². The van der Waals surface area contributed by atoms with Crippen LogP contribution in [0, 0.1) is 0 Å². The molecule has 3 N–H and O–H groups in total. The Morgan fingerprint density at radius 2 is 1.54 bits per heavy atom. The fourth-order valence-corrected chi connectivity index (χ4v) is 2.30. The second kappa shape index (κ2) is 6.45. The lowest BCUT2D eigenvalue weighted by Gasteiger charge is -2.06. The van der Waals surface area contributed by atoms with Crippen LogP contribution in [0.15, 0.2) is 48.5 Å². The molecular formula is C17H15F3N4. The highest BCUT2D eigenvalue weighted by molar-refractivity contribution is 5.55. The van der Waals surface area contributed by atoms with Gasteiger partial charge in [-0.1, -0.05) is 36.4 Å². The molecule has 0 bridgehead atoms. The van der Waals surface area contributed by atoms with Gasteiger partial charge in [0.25, 0.3) is 0 Å². The maximum absolute atomic E-state index is 12.6. The number of nitrogens with two attached hydrogens (primary N) is 1. The van der Waals surface area contributed by atoms with Gasteiger partial charge in [-0.2, -0.15) is 18.3 Å². The summed E-state index contributed by atoms with van der Waals surface area (Å²) in [6.45, 7) is 0.466. The normalized spacial score (nSPS) is 11.7. The molecule has 7 heteroatoms. The molecule has 1 heterocycles. The van der Waals surface area contributed by atoms with E-state index in [1.165, 1.54) is 12.1 Å². The number of rotatable bonds is 4. The zero-order chi connectivity index (χ0) is 17.2. The molecule has 0 aliphatic heterocycles. The van der Waals surface area contributed by atoms with Crippen molar-refractivity contribution in [3.8, 4) is 11.4 Å². The van der Waals surface area contributed by atoms with E-state index in [2.05, 4.69) is 15.2 Å². The van der Waals surface area contributed by atoms with E-state index in [-0.39, 0.29) is 0 Å². The summed E-state index contributed by atoms with van der Waals surface area (Å²) < 4.78 is 37.7. The van der Waals surface area contributed by atoms with Gasteiger partial charge in [-0.25, -0.2) is 4.98 Å². The summed E-state index contributed by atoms with van der Waals surface area (Å²) in [5.41, 5.74) is 7.48. The molecule has 3 aromatic rings. The fraction of sp³-hybridized carbons (Fsp3) is 0.176. The topological polar surface area (TPSA) is 67.6 Å². The van der Waals surface area contributed by atoms with Crippen molar-refractivity contribution in [2.75, 3.05) is 0 Å². The van der Waals surface area contributed by atoms with Gasteiger partial charge < -0.3 is 5.73 Å². The zero-order valence-electron chi connectivity index (χ0n) is 12.6. The number of H-pyrrole nitrogens is 1. The van der Waals surface area contributed by atoms with E-state index in [1.54, 1.807) is 0 Å². The summed E-state index contributed by atoms with van der Waals surface area (Å²) in [5, 5.41) is 6.97. The molecule has 3 rings (SSSR count). The smallest absolute Gasteiger partial charge is 0.326 e. The highest BCUT2D eigenvalue weighted by atomic mass is 19.4. The van der Waals surface area contributed by atoms with Crippen molar-refractivity contribution in [1.29, 1.82) is 0 Å². The van der Waals surface area contributed by atoms with Crippen molar-refractivity contribution >= 4 is 0 Å². The minimum absolute atomic E-state index is 0.381. The Balaban J connectivity index is 1.73. The maximum atomic E-state index is 12.6. The summed E-state index contributed by atoms with van der Waals surface area (Å²) >= 11 is 0. The van der Waals surface area contributed by atoms with E-state index in [4.69, 9.17) is 5.73 Å². The first-order valence-electron chi connectivity index (χ1n) is 7.32. The lowest BCUT2D eigenvalue weighted by Crippen LogP contribution is -2.04. The molecule has 2 aromatic carbocycles. The highest BCUT2D eigenvalue weighted by Crippen LogP contribution is 2.29.